The zero-order chi connectivity index (χ0) is 18.6. The lowest BCUT2D eigenvalue weighted by Crippen LogP contribution is -2.57. The van der Waals surface area contributed by atoms with Crippen molar-refractivity contribution in [3.05, 3.63) is 65.4 Å². The molecular formula is C23H26NSSi+. The molecule has 0 bridgehead atoms. The molecule has 0 N–H and O–H groups in total. The molecule has 0 unspecified atom stereocenters. The normalized spacial score (nSPS) is 14.7. The highest BCUT2D eigenvalue weighted by molar-refractivity contribution is 8.00. The summed E-state index contributed by atoms with van der Waals surface area (Å²) < 4.78 is 2.31. The summed E-state index contributed by atoms with van der Waals surface area (Å²) >= 11 is 1.94. The van der Waals surface area contributed by atoms with E-state index in [2.05, 4.69) is 94.1 Å². The Hall–Kier alpha value is -1.84. The molecule has 26 heavy (non-hydrogen) atoms. The quantitative estimate of drug-likeness (QED) is 0.450. The van der Waals surface area contributed by atoms with Gasteiger partial charge in [0.15, 0.2) is 6.20 Å². The first-order valence-corrected chi connectivity index (χ1v) is 13.0. The van der Waals surface area contributed by atoms with Crippen LogP contribution in [0, 0.1) is 20.8 Å². The molecule has 2 heterocycles. The number of hydrogen-bond donors (Lipinski definition) is 0. The summed E-state index contributed by atoms with van der Waals surface area (Å²) in [5, 5.41) is 3.16. The zero-order valence-corrected chi connectivity index (χ0v) is 18.3. The van der Waals surface area contributed by atoms with Gasteiger partial charge in [0.05, 0.1) is 0 Å². The fourth-order valence-corrected chi connectivity index (χ4v) is 10.0. The topological polar surface area (TPSA) is 3.88 Å². The molecule has 0 radical (unpaired) electrons. The maximum atomic E-state index is 2.51. The molecule has 0 fully saturated rings. The van der Waals surface area contributed by atoms with E-state index in [9.17, 15) is 0 Å². The molecule has 1 aliphatic rings. The Bertz CT molecular complexity index is 1040. The van der Waals surface area contributed by atoms with Crippen molar-refractivity contribution < 1.29 is 4.57 Å². The van der Waals surface area contributed by atoms with Gasteiger partial charge < -0.3 is 0 Å². The van der Waals surface area contributed by atoms with Crippen LogP contribution in [0.5, 0.6) is 0 Å². The lowest BCUT2D eigenvalue weighted by molar-refractivity contribution is -0.660. The van der Waals surface area contributed by atoms with Gasteiger partial charge in [-0.05, 0) is 54.4 Å². The van der Waals surface area contributed by atoms with Crippen molar-refractivity contribution in [2.45, 2.75) is 43.7 Å². The van der Waals surface area contributed by atoms with Crippen LogP contribution < -0.4 is 14.9 Å². The number of nitrogens with zero attached hydrogens (tertiary/aromatic N) is 1. The summed E-state index contributed by atoms with van der Waals surface area (Å²) in [5.74, 6) is 0. The van der Waals surface area contributed by atoms with E-state index in [1.54, 1.807) is 10.4 Å². The Balaban J connectivity index is 2.06. The van der Waals surface area contributed by atoms with Crippen molar-refractivity contribution >= 4 is 30.2 Å². The smallest absolute Gasteiger partial charge is 0.201 e. The van der Waals surface area contributed by atoms with Crippen molar-refractivity contribution in [1.82, 2.24) is 0 Å². The van der Waals surface area contributed by atoms with Crippen molar-refractivity contribution in [3.63, 3.8) is 0 Å². The maximum Gasteiger partial charge on any atom is 0.212 e. The van der Waals surface area contributed by atoms with Crippen LogP contribution in [0.4, 0.5) is 0 Å². The molecule has 1 nitrogen and oxygen atoms in total. The minimum absolute atomic E-state index is 1.34. The molecule has 0 saturated carbocycles. The molecule has 2 aromatic carbocycles. The maximum absolute atomic E-state index is 2.51. The summed E-state index contributed by atoms with van der Waals surface area (Å²) in [7, 11) is 0.401. The van der Waals surface area contributed by atoms with Gasteiger partial charge in [-0.2, -0.15) is 0 Å². The molecule has 0 atom stereocenters. The molecule has 1 aliphatic heterocycles. The molecule has 3 heteroatoms. The van der Waals surface area contributed by atoms with E-state index in [0.717, 1.165) is 0 Å². The number of fused-ring (bicyclic) bond motifs is 2. The molecule has 0 aliphatic carbocycles. The largest absolute Gasteiger partial charge is 0.212 e. The predicted octanol–water partition coefficient (Wildman–Crippen LogP) is 4.39. The molecule has 132 valence electrons. The minimum atomic E-state index is -1.78. The summed E-state index contributed by atoms with van der Waals surface area (Å²) in [4.78, 5) is 2.88. The Morgan fingerprint density at radius 2 is 1.58 bits per heavy atom. The highest BCUT2D eigenvalue weighted by Crippen LogP contribution is 2.37. The van der Waals surface area contributed by atoms with Gasteiger partial charge in [-0.3, -0.25) is 0 Å². The minimum Gasteiger partial charge on any atom is -0.201 e. The lowest BCUT2D eigenvalue weighted by atomic mass is 10.0. The van der Waals surface area contributed by atoms with Crippen LogP contribution in [0.2, 0.25) is 13.1 Å². The van der Waals surface area contributed by atoms with Crippen LogP contribution in [-0.2, 0) is 7.05 Å². The summed E-state index contributed by atoms with van der Waals surface area (Å²) in [5.41, 5.74) is 6.87. The van der Waals surface area contributed by atoms with Gasteiger partial charge in [0, 0.05) is 27.0 Å². The molecule has 0 spiro atoms. The fourth-order valence-electron chi connectivity index (χ4n) is 4.18. The van der Waals surface area contributed by atoms with E-state index in [1.807, 2.05) is 11.8 Å². The Morgan fingerprint density at radius 1 is 0.846 bits per heavy atom. The van der Waals surface area contributed by atoms with Crippen LogP contribution >= 0.6 is 11.8 Å². The van der Waals surface area contributed by atoms with Crippen molar-refractivity contribution in [2.75, 3.05) is 0 Å². The van der Waals surface area contributed by atoms with Gasteiger partial charge in [-0.25, -0.2) is 4.57 Å². The Labute approximate surface area is 162 Å². The van der Waals surface area contributed by atoms with E-state index in [0.29, 0.717) is 0 Å². The third-order valence-electron chi connectivity index (χ3n) is 5.78. The van der Waals surface area contributed by atoms with E-state index in [4.69, 9.17) is 0 Å². The molecular weight excluding hydrogens is 350 g/mol. The average molecular weight is 377 g/mol. The zero-order valence-electron chi connectivity index (χ0n) is 16.5. The Kier molecular flexibility index (Phi) is 4.12. The second-order valence-corrected chi connectivity index (χ2v) is 13.4. The first-order valence-electron chi connectivity index (χ1n) is 9.19. The first-order chi connectivity index (χ1) is 12.3. The second-order valence-electron chi connectivity index (χ2n) is 7.99. The third kappa shape index (κ3) is 2.57. The van der Waals surface area contributed by atoms with Crippen LogP contribution in [-0.4, -0.2) is 8.07 Å². The number of benzene rings is 2. The van der Waals surface area contributed by atoms with Crippen LogP contribution in [0.3, 0.4) is 0 Å². The van der Waals surface area contributed by atoms with Gasteiger partial charge in [-0.1, -0.05) is 49.1 Å². The fraction of sp³-hybridized carbons (Fsp3) is 0.261. The number of rotatable bonds is 1. The lowest BCUT2D eigenvalue weighted by Gasteiger charge is -2.34. The van der Waals surface area contributed by atoms with Crippen LogP contribution in [0.1, 0.15) is 16.7 Å². The van der Waals surface area contributed by atoms with E-state index in [-0.39, 0.29) is 0 Å². The first kappa shape index (κ1) is 17.6. The number of aryl methyl sites for hydroxylation is 4. The molecule has 0 saturated heterocycles. The van der Waals surface area contributed by atoms with Gasteiger partial charge in [-0.15, -0.1) is 0 Å². The van der Waals surface area contributed by atoms with Crippen molar-refractivity contribution in [2.24, 2.45) is 7.05 Å². The van der Waals surface area contributed by atoms with E-state index in [1.165, 1.54) is 37.7 Å². The summed E-state index contributed by atoms with van der Waals surface area (Å²) in [6.07, 6.45) is 2.27. The van der Waals surface area contributed by atoms with Gasteiger partial charge in [0.25, 0.3) is 0 Å². The monoisotopic (exact) mass is 376 g/mol. The molecule has 1 aromatic heterocycles. The third-order valence-corrected chi connectivity index (χ3v) is 10.8. The highest BCUT2D eigenvalue weighted by atomic mass is 32.2. The SMILES string of the molecule is Cc1cc(-c2c(C)ccc3c2[Si](C)(C)c2ccccc2S3)[n+](C)cc1C. The Morgan fingerprint density at radius 3 is 2.35 bits per heavy atom. The number of aromatic nitrogens is 1. The number of pyridine rings is 1. The summed E-state index contributed by atoms with van der Waals surface area (Å²) in [6, 6.07) is 16.0. The molecule has 3 aromatic rings. The summed E-state index contributed by atoms with van der Waals surface area (Å²) in [6.45, 7) is 11.7. The van der Waals surface area contributed by atoms with Crippen LogP contribution in [0.25, 0.3) is 11.3 Å². The van der Waals surface area contributed by atoms with Gasteiger partial charge >= 0.3 is 0 Å². The molecule has 4 rings (SSSR count). The van der Waals surface area contributed by atoms with E-state index < -0.39 is 8.07 Å². The van der Waals surface area contributed by atoms with Crippen LogP contribution in [0.15, 0.2) is 58.5 Å². The second kappa shape index (κ2) is 6.10. The highest BCUT2D eigenvalue weighted by Gasteiger charge is 2.39. The van der Waals surface area contributed by atoms with Gasteiger partial charge in [0.2, 0.25) is 5.69 Å². The van der Waals surface area contributed by atoms with E-state index >= 15 is 0 Å². The standard InChI is InChI=1S/C23H26NSSi/c1-15-11-12-20-23(22(15)18-13-16(2)17(3)14-24(18)4)26(5,6)21-10-8-7-9-19(21)25-20/h7-14H,1-6H3/q+1. The average Bonchev–Trinajstić information content (AvgIpc) is 2.59. The van der Waals surface area contributed by atoms with Gasteiger partial charge in [0.1, 0.15) is 15.1 Å². The van der Waals surface area contributed by atoms with Crippen molar-refractivity contribution in [1.29, 1.82) is 0 Å². The predicted molar refractivity (Wildman–Crippen MR) is 115 cm³/mol. The molecule has 0 amide bonds. The van der Waals surface area contributed by atoms with Crippen molar-refractivity contribution in [3.8, 4) is 11.3 Å². The number of hydrogen-bond acceptors (Lipinski definition) is 1.